The lowest BCUT2D eigenvalue weighted by atomic mass is 9.84. The van der Waals surface area contributed by atoms with Crippen molar-refractivity contribution >= 4 is 9.84 Å². The topological polar surface area (TPSA) is 46.2 Å². The molecule has 2 rings (SSSR count). The molecule has 22 heavy (non-hydrogen) atoms. The first-order valence-corrected chi connectivity index (χ1v) is 9.82. The van der Waals surface area contributed by atoms with Gasteiger partial charge >= 0.3 is 0 Å². The molecule has 0 bridgehead atoms. The number of rotatable bonds is 7. The Kier molecular flexibility index (Phi) is 6.21. The Morgan fingerprint density at radius 3 is 2.50 bits per heavy atom. The average Bonchev–Trinajstić information content (AvgIpc) is 2.54. The third kappa shape index (κ3) is 4.96. The van der Waals surface area contributed by atoms with Crippen LogP contribution in [-0.2, 0) is 9.84 Å². The molecule has 4 heteroatoms. The van der Waals surface area contributed by atoms with Gasteiger partial charge in [-0.05, 0) is 43.4 Å². The Labute approximate surface area is 134 Å². The SMILES string of the molecule is C=C(CN[C@@H](C)C1CCCCC1)CS(=O)(=O)c1ccccc1. The van der Waals surface area contributed by atoms with Gasteiger partial charge in [0.05, 0.1) is 10.6 Å². The van der Waals surface area contributed by atoms with Crippen molar-refractivity contribution in [1.82, 2.24) is 5.32 Å². The van der Waals surface area contributed by atoms with E-state index in [2.05, 4.69) is 18.8 Å². The van der Waals surface area contributed by atoms with Crippen molar-refractivity contribution in [2.75, 3.05) is 12.3 Å². The fourth-order valence-electron chi connectivity index (χ4n) is 3.14. The molecular formula is C18H27NO2S. The lowest BCUT2D eigenvalue weighted by Gasteiger charge is -2.28. The van der Waals surface area contributed by atoms with Crippen LogP contribution in [0.5, 0.6) is 0 Å². The maximum absolute atomic E-state index is 12.3. The van der Waals surface area contributed by atoms with Crippen LogP contribution in [0.15, 0.2) is 47.4 Å². The van der Waals surface area contributed by atoms with Crippen LogP contribution in [0.1, 0.15) is 39.0 Å². The van der Waals surface area contributed by atoms with E-state index in [9.17, 15) is 8.42 Å². The van der Waals surface area contributed by atoms with Gasteiger partial charge in [-0.3, -0.25) is 0 Å². The zero-order valence-electron chi connectivity index (χ0n) is 13.4. The lowest BCUT2D eigenvalue weighted by Crippen LogP contribution is -2.36. The summed E-state index contributed by atoms with van der Waals surface area (Å²) in [6, 6.07) is 9.03. The van der Waals surface area contributed by atoms with E-state index in [0.29, 0.717) is 23.4 Å². The maximum Gasteiger partial charge on any atom is 0.182 e. The number of sulfone groups is 1. The zero-order valence-corrected chi connectivity index (χ0v) is 14.2. The molecule has 0 aliphatic heterocycles. The van der Waals surface area contributed by atoms with Gasteiger partial charge in [0, 0.05) is 12.6 Å². The lowest BCUT2D eigenvalue weighted by molar-refractivity contribution is 0.286. The van der Waals surface area contributed by atoms with E-state index < -0.39 is 9.84 Å². The normalized spacial score (nSPS) is 18.0. The molecule has 0 radical (unpaired) electrons. The molecule has 0 spiro atoms. The highest BCUT2D eigenvalue weighted by Crippen LogP contribution is 2.26. The Bertz CT molecular complexity index is 574. The summed E-state index contributed by atoms with van der Waals surface area (Å²) >= 11 is 0. The summed E-state index contributed by atoms with van der Waals surface area (Å²) in [7, 11) is -3.27. The number of benzene rings is 1. The molecule has 0 aromatic heterocycles. The van der Waals surface area contributed by atoms with Crippen molar-refractivity contribution in [1.29, 1.82) is 0 Å². The average molecular weight is 321 g/mol. The van der Waals surface area contributed by atoms with E-state index in [-0.39, 0.29) is 5.75 Å². The van der Waals surface area contributed by atoms with Gasteiger partial charge in [0.2, 0.25) is 0 Å². The molecule has 1 atom stereocenters. The molecule has 1 aromatic rings. The van der Waals surface area contributed by atoms with Crippen LogP contribution in [-0.4, -0.2) is 26.8 Å². The zero-order chi connectivity index (χ0) is 16.0. The second-order valence-corrected chi connectivity index (χ2v) is 8.38. The summed E-state index contributed by atoms with van der Waals surface area (Å²) in [4.78, 5) is 0.372. The summed E-state index contributed by atoms with van der Waals surface area (Å²) in [5.74, 6) is 0.730. The van der Waals surface area contributed by atoms with Crippen LogP contribution in [0.3, 0.4) is 0 Å². The van der Waals surface area contributed by atoms with Gasteiger partial charge < -0.3 is 5.32 Å². The fraction of sp³-hybridized carbons (Fsp3) is 0.556. The predicted molar refractivity (Wildman–Crippen MR) is 91.7 cm³/mol. The van der Waals surface area contributed by atoms with Gasteiger partial charge in [-0.15, -0.1) is 0 Å². The van der Waals surface area contributed by atoms with E-state index in [4.69, 9.17) is 0 Å². The second-order valence-electron chi connectivity index (χ2n) is 6.39. The Morgan fingerprint density at radius 1 is 1.23 bits per heavy atom. The number of hydrogen-bond donors (Lipinski definition) is 1. The highest BCUT2D eigenvalue weighted by Gasteiger charge is 2.20. The summed E-state index contributed by atoms with van der Waals surface area (Å²) < 4.78 is 24.6. The predicted octanol–water partition coefficient (Wildman–Crippen LogP) is 3.57. The smallest absolute Gasteiger partial charge is 0.182 e. The second kappa shape index (κ2) is 7.93. The Morgan fingerprint density at radius 2 is 1.86 bits per heavy atom. The number of nitrogens with one attached hydrogen (secondary N) is 1. The molecule has 0 unspecified atom stereocenters. The third-order valence-electron chi connectivity index (χ3n) is 4.53. The highest BCUT2D eigenvalue weighted by molar-refractivity contribution is 7.91. The Balaban J connectivity index is 1.82. The first-order chi connectivity index (χ1) is 10.5. The summed E-state index contributed by atoms with van der Waals surface area (Å²) in [6.45, 7) is 6.72. The van der Waals surface area contributed by atoms with Crippen molar-refractivity contribution < 1.29 is 8.42 Å². The van der Waals surface area contributed by atoms with Crippen molar-refractivity contribution in [3.8, 4) is 0 Å². The molecule has 122 valence electrons. The molecule has 1 saturated carbocycles. The van der Waals surface area contributed by atoms with Gasteiger partial charge in [-0.25, -0.2) is 8.42 Å². The highest BCUT2D eigenvalue weighted by atomic mass is 32.2. The van der Waals surface area contributed by atoms with Crippen LogP contribution < -0.4 is 5.32 Å². The van der Waals surface area contributed by atoms with Crippen molar-refractivity contribution in [3.05, 3.63) is 42.5 Å². The molecule has 1 aromatic carbocycles. The van der Waals surface area contributed by atoms with Gasteiger partial charge in [0.15, 0.2) is 9.84 Å². The molecule has 1 aliphatic rings. The largest absolute Gasteiger partial charge is 0.310 e. The van der Waals surface area contributed by atoms with Gasteiger partial charge in [-0.2, -0.15) is 0 Å². The monoisotopic (exact) mass is 321 g/mol. The van der Waals surface area contributed by atoms with Crippen molar-refractivity contribution in [3.63, 3.8) is 0 Å². The summed E-state index contributed by atoms with van der Waals surface area (Å²) in [6.07, 6.45) is 6.55. The quantitative estimate of drug-likeness (QED) is 0.781. The van der Waals surface area contributed by atoms with Gasteiger partial charge in [-0.1, -0.05) is 44.0 Å². The molecule has 0 heterocycles. The summed E-state index contributed by atoms with van der Waals surface area (Å²) in [5.41, 5.74) is 0.728. The number of hydrogen-bond acceptors (Lipinski definition) is 3. The molecule has 3 nitrogen and oxygen atoms in total. The van der Waals surface area contributed by atoms with E-state index in [1.807, 2.05) is 6.07 Å². The summed E-state index contributed by atoms with van der Waals surface area (Å²) in [5, 5.41) is 3.46. The van der Waals surface area contributed by atoms with E-state index in [1.54, 1.807) is 24.3 Å². The molecule has 0 saturated heterocycles. The first kappa shape index (κ1) is 17.2. The maximum atomic E-state index is 12.3. The molecule has 1 fully saturated rings. The Hall–Kier alpha value is -1.13. The van der Waals surface area contributed by atoms with Gasteiger partial charge in [0.1, 0.15) is 0 Å². The van der Waals surface area contributed by atoms with Crippen LogP contribution in [0.4, 0.5) is 0 Å². The van der Waals surface area contributed by atoms with Crippen LogP contribution in [0.25, 0.3) is 0 Å². The standard InChI is InChI=1S/C18H27NO2S/c1-15(13-19-16(2)17-9-5-3-6-10-17)14-22(20,21)18-11-7-4-8-12-18/h4,7-8,11-12,16-17,19H,1,3,5-6,9-10,13-14H2,2H3/t16-/m0/s1. The third-order valence-corrected chi connectivity index (χ3v) is 6.31. The van der Waals surface area contributed by atoms with E-state index in [1.165, 1.54) is 32.1 Å². The van der Waals surface area contributed by atoms with Crippen molar-refractivity contribution in [2.45, 2.75) is 50.0 Å². The molecular weight excluding hydrogens is 294 g/mol. The van der Waals surface area contributed by atoms with Crippen LogP contribution >= 0.6 is 0 Å². The molecule has 1 N–H and O–H groups in total. The fourth-order valence-corrected chi connectivity index (χ4v) is 4.52. The van der Waals surface area contributed by atoms with Crippen LogP contribution in [0.2, 0.25) is 0 Å². The molecule has 0 amide bonds. The minimum Gasteiger partial charge on any atom is -0.310 e. The van der Waals surface area contributed by atoms with Crippen molar-refractivity contribution in [2.24, 2.45) is 5.92 Å². The van der Waals surface area contributed by atoms with Gasteiger partial charge in [0.25, 0.3) is 0 Å². The van der Waals surface area contributed by atoms with Crippen LogP contribution in [0, 0.1) is 5.92 Å². The van der Waals surface area contributed by atoms with E-state index >= 15 is 0 Å². The molecule has 1 aliphatic carbocycles. The minimum atomic E-state index is -3.27. The minimum absolute atomic E-state index is 0.0153. The van der Waals surface area contributed by atoms with E-state index in [0.717, 1.165) is 5.57 Å². The first-order valence-electron chi connectivity index (χ1n) is 8.17.